The Hall–Kier alpha value is -0.680. The lowest BCUT2D eigenvalue weighted by atomic mass is 10.3. The predicted octanol–water partition coefficient (Wildman–Crippen LogP) is -0.545. The van der Waals surface area contributed by atoms with Crippen molar-refractivity contribution in [2.75, 3.05) is 26.2 Å². The molecule has 0 bridgehead atoms. The van der Waals surface area contributed by atoms with Crippen LogP contribution in [0.4, 0.5) is 0 Å². The first-order chi connectivity index (χ1) is 7.10. The van der Waals surface area contributed by atoms with Gasteiger partial charge in [-0.1, -0.05) is 6.92 Å². The van der Waals surface area contributed by atoms with Gasteiger partial charge in [-0.25, -0.2) is 4.72 Å². The van der Waals surface area contributed by atoms with E-state index in [0.29, 0.717) is 13.1 Å². The number of rotatable bonds is 4. The summed E-state index contributed by atoms with van der Waals surface area (Å²) in [7, 11) is -3.44. The molecule has 0 aromatic carbocycles. The fourth-order valence-corrected chi connectivity index (χ4v) is 2.54. The maximum atomic E-state index is 11.7. The van der Waals surface area contributed by atoms with Crippen LogP contribution in [0.5, 0.6) is 0 Å². The summed E-state index contributed by atoms with van der Waals surface area (Å²) in [5.74, 6) is 0. The van der Waals surface area contributed by atoms with E-state index in [1.165, 1.54) is 4.31 Å². The Morgan fingerprint density at radius 1 is 1.67 bits per heavy atom. The van der Waals surface area contributed by atoms with Crippen LogP contribution < -0.4 is 4.72 Å². The zero-order valence-electron chi connectivity index (χ0n) is 8.64. The van der Waals surface area contributed by atoms with Crippen LogP contribution in [0.25, 0.3) is 0 Å². The summed E-state index contributed by atoms with van der Waals surface area (Å²) in [5, 5.41) is 8.63. The van der Waals surface area contributed by atoms with E-state index < -0.39 is 16.3 Å². The Bertz CT molecular complexity index is 336. The van der Waals surface area contributed by atoms with Gasteiger partial charge in [0.1, 0.15) is 0 Å². The van der Waals surface area contributed by atoms with Crippen molar-refractivity contribution in [3.05, 3.63) is 0 Å². The topological polar surface area (TPSA) is 82.4 Å². The van der Waals surface area contributed by atoms with Crippen LogP contribution in [-0.2, 0) is 14.9 Å². The van der Waals surface area contributed by atoms with Gasteiger partial charge < -0.3 is 4.74 Å². The normalized spacial score (nSPS) is 23.6. The van der Waals surface area contributed by atoms with Crippen molar-refractivity contribution in [1.29, 1.82) is 5.26 Å². The summed E-state index contributed by atoms with van der Waals surface area (Å²) in [4.78, 5) is 0. The minimum absolute atomic E-state index is 0.107. The average Bonchev–Trinajstić information content (AvgIpc) is 2.26. The van der Waals surface area contributed by atoms with E-state index in [4.69, 9.17) is 10.00 Å². The van der Waals surface area contributed by atoms with Crippen LogP contribution in [-0.4, -0.2) is 45.1 Å². The molecule has 1 atom stereocenters. The van der Waals surface area contributed by atoms with Crippen LogP contribution in [0.15, 0.2) is 0 Å². The summed E-state index contributed by atoms with van der Waals surface area (Å²) in [6, 6.07) is 1.91. The van der Waals surface area contributed by atoms with Gasteiger partial charge in [0, 0.05) is 13.1 Å². The molecule has 1 aliphatic heterocycles. The van der Waals surface area contributed by atoms with Crippen molar-refractivity contribution < 1.29 is 13.2 Å². The van der Waals surface area contributed by atoms with Gasteiger partial charge in [-0.3, -0.25) is 0 Å². The van der Waals surface area contributed by atoms with Crippen LogP contribution in [0.3, 0.4) is 0 Å². The Labute approximate surface area is 90.0 Å². The van der Waals surface area contributed by atoms with Crippen LogP contribution in [0, 0.1) is 11.3 Å². The highest BCUT2D eigenvalue weighted by Gasteiger charge is 2.28. The molecule has 0 aliphatic carbocycles. The van der Waals surface area contributed by atoms with Crippen LogP contribution in [0.1, 0.15) is 13.3 Å². The Morgan fingerprint density at radius 2 is 2.40 bits per heavy atom. The second-order valence-corrected chi connectivity index (χ2v) is 5.00. The average molecular weight is 233 g/mol. The first-order valence-corrected chi connectivity index (χ1v) is 6.30. The quantitative estimate of drug-likeness (QED) is 0.706. The second kappa shape index (κ2) is 5.42. The number of morpholine rings is 1. The molecule has 0 aromatic heterocycles. The number of nitriles is 1. The van der Waals surface area contributed by atoms with Gasteiger partial charge in [0.15, 0.2) is 6.10 Å². The van der Waals surface area contributed by atoms with Crippen molar-refractivity contribution >= 4 is 10.2 Å². The molecule has 0 aromatic rings. The molecule has 1 heterocycles. The Balaban J connectivity index is 2.59. The molecule has 1 rings (SSSR count). The van der Waals surface area contributed by atoms with E-state index in [1.54, 1.807) is 0 Å². The fraction of sp³-hybridized carbons (Fsp3) is 0.875. The van der Waals surface area contributed by atoms with Gasteiger partial charge in [0.05, 0.1) is 19.2 Å². The Morgan fingerprint density at radius 3 is 3.00 bits per heavy atom. The molecule has 0 spiro atoms. The van der Waals surface area contributed by atoms with E-state index in [2.05, 4.69) is 4.72 Å². The van der Waals surface area contributed by atoms with Crippen molar-refractivity contribution in [3.8, 4) is 6.07 Å². The lowest BCUT2D eigenvalue weighted by molar-refractivity contribution is 0.0307. The molecule has 1 aliphatic rings. The third-order valence-corrected chi connectivity index (χ3v) is 3.63. The van der Waals surface area contributed by atoms with E-state index >= 15 is 0 Å². The molecule has 0 saturated carbocycles. The first kappa shape index (κ1) is 12.4. The molecule has 1 fully saturated rings. The summed E-state index contributed by atoms with van der Waals surface area (Å²) >= 11 is 0. The van der Waals surface area contributed by atoms with E-state index in [0.717, 1.165) is 6.42 Å². The maximum absolute atomic E-state index is 11.7. The molecule has 1 unspecified atom stereocenters. The SMILES string of the molecule is CCCNS(=O)(=O)N1CCOC(C#N)C1. The number of hydrogen-bond acceptors (Lipinski definition) is 4. The third-order valence-electron chi connectivity index (χ3n) is 2.05. The van der Waals surface area contributed by atoms with E-state index in [9.17, 15) is 8.42 Å². The van der Waals surface area contributed by atoms with Crippen molar-refractivity contribution in [2.24, 2.45) is 0 Å². The van der Waals surface area contributed by atoms with Gasteiger partial charge in [0.25, 0.3) is 10.2 Å². The van der Waals surface area contributed by atoms with Gasteiger partial charge in [-0.2, -0.15) is 18.0 Å². The van der Waals surface area contributed by atoms with Crippen molar-refractivity contribution in [3.63, 3.8) is 0 Å². The molecule has 1 saturated heterocycles. The minimum atomic E-state index is -3.44. The molecule has 86 valence electrons. The van der Waals surface area contributed by atoms with Crippen LogP contribution >= 0.6 is 0 Å². The minimum Gasteiger partial charge on any atom is -0.361 e. The predicted molar refractivity (Wildman–Crippen MR) is 54.1 cm³/mol. The smallest absolute Gasteiger partial charge is 0.279 e. The molecule has 15 heavy (non-hydrogen) atoms. The molecule has 1 N–H and O–H groups in total. The van der Waals surface area contributed by atoms with Crippen LogP contribution in [0.2, 0.25) is 0 Å². The molecule has 7 heteroatoms. The highest BCUT2D eigenvalue weighted by molar-refractivity contribution is 7.87. The molecular formula is C8H15N3O3S. The Kier molecular flexibility index (Phi) is 4.47. The molecular weight excluding hydrogens is 218 g/mol. The number of nitrogens with zero attached hydrogens (tertiary/aromatic N) is 2. The summed E-state index contributed by atoms with van der Waals surface area (Å²) in [6.45, 7) is 2.98. The summed E-state index contributed by atoms with van der Waals surface area (Å²) in [5.41, 5.74) is 0. The lowest BCUT2D eigenvalue weighted by Crippen LogP contribution is -2.49. The number of ether oxygens (including phenoxy) is 1. The second-order valence-electron chi connectivity index (χ2n) is 3.25. The maximum Gasteiger partial charge on any atom is 0.279 e. The highest BCUT2D eigenvalue weighted by atomic mass is 32.2. The third kappa shape index (κ3) is 3.43. The highest BCUT2D eigenvalue weighted by Crippen LogP contribution is 2.07. The van der Waals surface area contributed by atoms with Crippen molar-refractivity contribution in [1.82, 2.24) is 9.03 Å². The van der Waals surface area contributed by atoms with Gasteiger partial charge in [-0.05, 0) is 6.42 Å². The standard InChI is InChI=1S/C8H15N3O3S/c1-2-3-10-15(12,13)11-4-5-14-8(6-9)7-11/h8,10H,2-5,7H2,1H3. The van der Waals surface area contributed by atoms with Gasteiger partial charge in [0.2, 0.25) is 0 Å². The van der Waals surface area contributed by atoms with Gasteiger partial charge in [-0.15, -0.1) is 0 Å². The monoisotopic (exact) mass is 233 g/mol. The molecule has 6 nitrogen and oxygen atoms in total. The fourth-order valence-electron chi connectivity index (χ4n) is 1.24. The van der Waals surface area contributed by atoms with E-state index in [-0.39, 0.29) is 13.2 Å². The largest absolute Gasteiger partial charge is 0.361 e. The summed E-state index contributed by atoms with van der Waals surface area (Å²) in [6.07, 6.45) is 0.0857. The lowest BCUT2D eigenvalue weighted by Gasteiger charge is -2.28. The number of nitrogens with one attached hydrogen (secondary N) is 1. The zero-order chi connectivity index (χ0) is 11.3. The molecule has 0 radical (unpaired) electrons. The first-order valence-electron chi connectivity index (χ1n) is 4.86. The zero-order valence-corrected chi connectivity index (χ0v) is 9.46. The number of hydrogen-bond donors (Lipinski definition) is 1. The van der Waals surface area contributed by atoms with Crippen molar-refractivity contribution in [2.45, 2.75) is 19.4 Å². The van der Waals surface area contributed by atoms with Gasteiger partial charge >= 0.3 is 0 Å². The molecule has 0 amide bonds. The van der Waals surface area contributed by atoms with E-state index in [1.807, 2.05) is 13.0 Å². The summed E-state index contributed by atoms with van der Waals surface area (Å²) < 4.78 is 32.1.